The molecule has 6 nitrogen and oxygen atoms in total. The van der Waals surface area contributed by atoms with Crippen molar-refractivity contribution in [3.63, 3.8) is 0 Å². The summed E-state index contributed by atoms with van der Waals surface area (Å²) in [4.78, 5) is 19.2. The third-order valence-electron chi connectivity index (χ3n) is 4.63. The normalized spacial score (nSPS) is 15.2. The molecule has 142 valence electrons. The maximum Gasteiger partial charge on any atom is 0.247 e. The van der Waals surface area contributed by atoms with Gasteiger partial charge in [0.25, 0.3) is 0 Å². The number of fused-ring (bicyclic) bond motifs is 3. The largest absolute Gasteiger partial charge is 0.447 e. The zero-order valence-corrected chi connectivity index (χ0v) is 16.7. The van der Waals surface area contributed by atoms with E-state index in [1.807, 2.05) is 68.6 Å². The molecule has 0 spiro atoms. The van der Waals surface area contributed by atoms with Crippen molar-refractivity contribution in [1.29, 1.82) is 0 Å². The number of carbonyl (C=O) groups excluding carboxylic acids is 1. The van der Waals surface area contributed by atoms with Crippen LogP contribution in [0.15, 0.2) is 53.7 Å². The van der Waals surface area contributed by atoms with Crippen LogP contribution in [0, 0.1) is 6.92 Å². The molecule has 0 N–H and O–H groups in total. The zero-order chi connectivity index (χ0) is 19.7. The Balaban J connectivity index is 1.96. The fourth-order valence-corrected chi connectivity index (χ4v) is 3.48. The summed E-state index contributed by atoms with van der Waals surface area (Å²) in [5, 5.41) is 9.05. The van der Waals surface area contributed by atoms with Crippen molar-refractivity contribution in [3.8, 4) is 17.1 Å². The molecule has 1 amide bonds. The van der Waals surface area contributed by atoms with Gasteiger partial charge in [-0.3, -0.25) is 9.69 Å². The SMILES string of the molecule is CCC(=O)N1c2ccccc2-c2nnc(SC)nc2OC1c1ccc(C)cc1. The number of aryl methyl sites for hydroxylation is 1. The second-order valence-electron chi connectivity index (χ2n) is 6.47. The number of rotatable bonds is 3. The lowest BCUT2D eigenvalue weighted by Crippen LogP contribution is -2.37. The number of anilines is 1. The monoisotopic (exact) mass is 392 g/mol. The number of thioether (sulfide) groups is 1. The topological polar surface area (TPSA) is 68.2 Å². The van der Waals surface area contributed by atoms with Gasteiger partial charge >= 0.3 is 0 Å². The number of aromatic nitrogens is 3. The molecule has 1 atom stereocenters. The summed E-state index contributed by atoms with van der Waals surface area (Å²) in [7, 11) is 0. The van der Waals surface area contributed by atoms with E-state index in [2.05, 4.69) is 15.2 Å². The Labute approximate surface area is 168 Å². The first kappa shape index (κ1) is 18.4. The summed E-state index contributed by atoms with van der Waals surface area (Å²) >= 11 is 1.40. The molecule has 0 aliphatic carbocycles. The summed E-state index contributed by atoms with van der Waals surface area (Å²) < 4.78 is 6.32. The van der Waals surface area contributed by atoms with Crippen LogP contribution in [0.1, 0.15) is 30.7 Å². The molecule has 1 aliphatic heterocycles. The highest BCUT2D eigenvalue weighted by molar-refractivity contribution is 7.98. The maximum absolute atomic E-state index is 13.0. The molecule has 3 aromatic rings. The van der Waals surface area contributed by atoms with Gasteiger partial charge in [0.05, 0.1) is 5.69 Å². The number of hydrogen-bond donors (Lipinski definition) is 0. The number of benzene rings is 2. The van der Waals surface area contributed by atoms with Gasteiger partial charge in [-0.2, -0.15) is 4.98 Å². The Hall–Kier alpha value is -2.93. The van der Waals surface area contributed by atoms with Gasteiger partial charge in [0, 0.05) is 17.5 Å². The third kappa shape index (κ3) is 3.22. The molecule has 1 aliphatic rings. The first-order valence-electron chi connectivity index (χ1n) is 9.05. The van der Waals surface area contributed by atoms with Crippen LogP contribution in [0.5, 0.6) is 5.88 Å². The summed E-state index contributed by atoms with van der Waals surface area (Å²) in [6.07, 6.45) is 1.60. The fraction of sp³-hybridized carbons (Fsp3) is 0.238. The number of nitrogens with zero attached hydrogens (tertiary/aromatic N) is 4. The predicted molar refractivity (Wildman–Crippen MR) is 109 cm³/mol. The van der Waals surface area contributed by atoms with E-state index < -0.39 is 6.23 Å². The van der Waals surface area contributed by atoms with E-state index in [9.17, 15) is 4.79 Å². The summed E-state index contributed by atoms with van der Waals surface area (Å²) in [6.45, 7) is 3.87. The van der Waals surface area contributed by atoms with Gasteiger partial charge in [0.1, 0.15) is 0 Å². The standard InChI is InChI=1S/C21H20N4O2S/c1-4-17(26)25-16-8-6-5-7-15(16)18-19(22-21(28-3)24-23-18)27-20(25)14-11-9-13(2)10-12-14/h5-12,20H,4H2,1-3H3. The third-order valence-corrected chi connectivity index (χ3v) is 5.17. The quantitative estimate of drug-likeness (QED) is 0.615. The van der Waals surface area contributed by atoms with Crippen LogP contribution in [0.4, 0.5) is 5.69 Å². The molecule has 0 radical (unpaired) electrons. The molecule has 1 aromatic heterocycles. The Morgan fingerprint density at radius 2 is 1.89 bits per heavy atom. The molecule has 2 aromatic carbocycles. The molecular weight excluding hydrogens is 372 g/mol. The number of carbonyl (C=O) groups is 1. The van der Waals surface area contributed by atoms with Crippen LogP contribution < -0.4 is 9.64 Å². The first-order valence-corrected chi connectivity index (χ1v) is 10.3. The van der Waals surface area contributed by atoms with Gasteiger partial charge in [-0.25, -0.2) is 0 Å². The lowest BCUT2D eigenvalue weighted by Gasteiger charge is -2.30. The molecule has 4 rings (SSSR count). The van der Waals surface area contributed by atoms with Gasteiger partial charge in [0.15, 0.2) is 5.69 Å². The van der Waals surface area contributed by atoms with Crippen LogP contribution in [-0.2, 0) is 4.79 Å². The molecule has 28 heavy (non-hydrogen) atoms. The van der Waals surface area contributed by atoms with E-state index in [1.165, 1.54) is 11.8 Å². The molecule has 0 saturated carbocycles. The van der Waals surface area contributed by atoms with E-state index in [4.69, 9.17) is 4.74 Å². The maximum atomic E-state index is 13.0. The number of hydrogen-bond acceptors (Lipinski definition) is 6. The molecule has 1 unspecified atom stereocenters. The van der Waals surface area contributed by atoms with Crippen LogP contribution in [0.25, 0.3) is 11.3 Å². The number of ether oxygens (including phenoxy) is 1. The first-order chi connectivity index (χ1) is 13.6. The van der Waals surface area contributed by atoms with E-state index in [1.54, 1.807) is 4.90 Å². The molecular formula is C21H20N4O2S. The van der Waals surface area contributed by atoms with Crippen LogP contribution in [0.2, 0.25) is 0 Å². The Bertz CT molecular complexity index is 1020. The highest BCUT2D eigenvalue weighted by Gasteiger charge is 2.35. The lowest BCUT2D eigenvalue weighted by atomic mass is 10.1. The lowest BCUT2D eigenvalue weighted by molar-refractivity contribution is -0.120. The predicted octanol–water partition coefficient (Wildman–Crippen LogP) is 4.40. The summed E-state index contributed by atoms with van der Waals surface area (Å²) in [6, 6.07) is 15.6. The number of para-hydroxylation sites is 1. The second kappa shape index (κ2) is 7.59. The number of amides is 1. The fourth-order valence-electron chi connectivity index (χ4n) is 3.19. The molecule has 0 fully saturated rings. The molecule has 2 heterocycles. The Morgan fingerprint density at radius 1 is 1.14 bits per heavy atom. The molecule has 0 saturated heterocycles. The van der Waals surface area contributed by atoms with E-state index in [-0.39, 0.29) is 5.91 Å². The molecule has 0 bridgehead atoms. The Kier molecular flexibility index (Phi) is 5.00. The highest BCUT2D eigenvalue weighted by atomic mass is 32.2. The smallest absolute Gasteiger partial charge is 0.247 e. The van der Waals surface area contributed by atoms with Gasteiger partial charge in [-0.1, -0.05) is 66.7 Å². The minimum Gasteiger partial charge on any atom is -0.447 e. The van der Waals surface area contributed by atoms with Crippen LogP contribution in [0.3, 0.4) is 0 Å². The van der Waals surface area contributed by atoms with Crippen molar-refractivity contribution in [2.24, 2.45) is 0 Å². The Morgan fingerprint density at radius 3 is 2.61 bits per heavy atom. The van der Waals surface area contributed by atoms with Crippen molar-refractivity contribution < 1.29 is 9.53 Å². The zero-order valence-electron chi connectivity index (χ0n) is 15.9. The van der Waals surface area contributed by atoms with Gasteiger partial charge < -0.3 is 4.74 Å². The van der Waals surface area contributed by atoms with Crippen molar-refractivity contribution in [2.45, 2.75) is 31.7 Å². The summed E-state index contributed by atoms with van der Waals surface area (Å²) in [5.41, 5.74) is 4.07. The van der Waals surface area contributed by atoms with Crippen molar-refractivity contribution in [2.75, 3.05) is 11.2 Å². The minimum atomic E-state index is -0.637. The highest BCUT2D eigenvalue weighted by Crippen LogP contribution is 2.43. The van der Waals surface area contributed by atoms with Crippen molar-refractivity contribution in [1.82, 2.24) is 15.2 Å². The van der Waals surface area contributed by atoms with Crippen molar-refractivity contribution in [3.05, 3.63) is 59.7 Å². The second-order valence-corrected chi connectivity index (χ2v) is 7.24. The van der Waals surface area contributed by atoms with E-state index in [0.717, 1.165) is 22.4 Å². The van der Waals surface area contributed by atoms with Crippen LogP contribution in [-0.4, -0.2) is 27.3 Å². The minimum absolute atomic E-state index is 0.0381. The van der Waals surface area contributed by atoms with E-state index >= 15 is 0 Å². The van der Waals surface area contributed by atoms with Crippen LogP contribution >= 0.6 is 11.8 Å². The average Bonchev–Trinajstić information content (AvgIpc) is 2.88. The van der Waals surface area contributed by atoms with Gasteiger partial charge in [-0.15, -0.1) is 10.2 Å². The van der Waals surface area contributed by atoms with Gasteiger partial charge in [0.2, 0.25) is 23.2 Å². The van der Waals surface area contributed by atoms with E-state index in [0.29, 0.717) is 23.2 Å². The molecule has 7 heteroatoms. The summed E-state index contributed by atoms with van der Waals surface area (Å²) in [5.74, 6) is 0.340. The van der Waals surface area contributed by atoms with Crippen molar-refractivity contribution >= 4 is 23.4 Å². The van der Waals surface area contributed by atoms with Gasteiger partial charge in [-0.05, 0) is 19.2 Å². The average molecular weight is 392 g/mol.